The summed E-state index contributed by atoms with van der Waals surface area (Å²) >= 11 is 0. The van der Waals surface area contributed by atoms with Crippen LogP contribution in [0.5, 0.6) is 0 Å². The van der Waals surface area contributed by atoms with Gasteiger partial charge in [0.25, 0.3) is 0 Å². The molecule has 4 heterocycles. The summed E-state index contributed by atoms with van der Waals surface area (Å²) in [7, 11) is 0. The monoisotopic (exact) mass is 513 g/mol. The molecule has 6 aliphatic rings. The van der Waals surface area contributed by atoms with Crippen LogP contribution in [0.15, 0.2) is 60.0 Å². The Kier molecular flexibility index (Phi) is 5.16. The molecule has 2 aromatic rings. The van der Waals surface area contributed by atoms with Gasteiger partial charge < -0.3 is 9.47 Å². The molecule has 7 atom stereocenters. The fourth-order valence-corrected chi connectivity index (χ4v) is 9.90. The molecule has 1 aromatic carbocycles. The molecule has 0 amide bonds. The van der Waals surface area contributed by atoms with Gasteiger partial charge in [-0.15, -0.1) is 0 Å². The van der Waals surface area contributed by atoms with Crippen molar-refractivity contribution in [2.75, 3.05) is 26.3 Å². The highest BCUT2D eigenvalue weighted by Crippen LogP contribution is 2.69. The van der Waals surface area contributed by atoms with E-state index in [2.05, 4.69) is 48.3 Å². The summed E-state index contributed by atoms with van der Waals surface area (Å²) in [4.78, 5) is 4.39. The van der Waals surface area contributed by atoms with Crippen molar-refractivity contribution in [2.45, 2.75) is 87.9 Å². The highest BCUT2D eigenvalue weighted by Gasteiger charge is 2.67. The quantitative estimate of drug-likeness (QED) is 0.468. The summed E-state index contributed by atoms with van der Waals surface area (Å²) in [5.41, 5.74) is 4.29. The van der Waals surface area contributed by atoms with E-state index in [1.165, 1.54) is 40.3 Å². The van der Waals surface area contributed by atoms with Gasteiger partial charge in [0.15, 0.2) is 0 Å². The smallest absolute Gasteiger partial charge is 0.132 e. The molecular formula is C33H41N2O3+. The summed E-state index contributed by atoms with van der Waals surface area (Å²) in [5, 5.41) is 14.2. The normalized spacial score (nSPS) is 44.0. The fraction of sp³-hybridized carbons (Fsp3) is 0.606. The molecule has 4 fully saturated rings. The van der Waals surface area contributed by atoms with Crippen molar-refractivity contribution in [3.8, 4) is 0 Å². The molecule has 2 bridgehead atoms. The van der Waals surface area contributed by atoms with Crippen molar-refractivity contribution in [1.82, 2.24) is 4.98 Å². The number of quaternary nitrogens is 1. The van der Waals surface area contributed by atoms with Crippen molar-refractivity contribution in [3.63, 3.8) is 0 Å². The Bertz CT molecular complexity index is 1340. The maximum absolute atomic E-state index is 11.7. The van der Waals surface area contributed by atoms with Crippen LogP contribution in [0.3, 0.4) is 0 Å². The van der Waals surface area contributed by atoms with Gasteiger partial charge in [-0.1, -0.05) is 31.2 Å². The van der Waals surface area contributed by atoms with Crippen molar-refractivity contribution in [3.05, 3.63) is 65.5 Å². The van der Waals surface area contributed by atoms with Crippen LogP contribution in [0.2, 0.25) is 0 Å². The van der Waals surface area contributed by atoms with Gasteiger partial charge in [-0.3, -0.25) is 4.98 Å². The minimum atomic E-state index is -0.188. The molecule has 3 aliphatic carbocycles. The van der Waals surface area contributed by atoms with Gasteiger partial charge in [0.1, 0.15) is 19.1 Å². The molecule has 8 rings (SSSR count). The second-order valence-corrected chi connectivity index (χ2v) is 13.5. The van der Waals surface area contributed by atoms with Crippen LogP contribution in [0, 0.1) is 11.3 Å². The van der Waals surface area contributed by atoms with Gasteiger partial charge in [-0.2, -0.15) is 4.65 Å². The highest BCUT2D eigenvalue weighted by atomic mass is 16.6. The van der Waals surface area contributed by atoms with Gasteiger partial charge in [-0.05, 0) is 90.0 Å². The van der Waals surface area contributed by atoms with E-state index in [-0.39, 0.29) is 27.3 Å². The summed E-state index contributed by atoms with van der Waals surface area (Å²) in [6.07, 6.45) is 18.8. The first-order valence-corrected chi connectivity index (χ1v) is 15.1. The maximum atomic E-state index is 11.7. The zero-order valence-corrected chi connectivity index (χ0v) is 22.7. The van der Waals surface area contributed by atoms with Crippen LogP contribution in [0.4, 0.5) is 0 Å². The Labute approximate surface area is 226 Å². The summed E-state index contributed by atoms with van der Waals surface area (Å²) < 4.78 is 13.4. The first kappa shape index (κ1) is 23.8. The number of allylic oxidation sites excluding steroid dienone is 1. The summed E-state index contributed by atoms with van der Waals surface area (Å²) in [5.74, 6) is 1.07. The van der Waals surface area contributed by atoms with Gasteiger partial charge in [-0.25, -0.2) is 5.21 Å². The lowest BCUT2D eigenvalue weighted by molar-refractivity contribution is -1.12. The van der Waals surface area contributed by atoms with Crippen molar-refractivity contribution in [2.24, 2.45) is 11.3 Å². The molecular weight excluding hydrogens is 472 g/mol. The van der Waals surface area contributed by atoms with Crippen LogP contribution in [0.25, 0.3) is 10.8 Å². The van der Waals surface area contributed by atoms with Gasteiger partial charge in [0, 0.05) is 37.0 Å². The Morgan fingerprint density at radius 1 is 1.05 bits per heavy atom. The van der Waals surface area contributed by atoms with E-state index in [0.29, 0.717) is 25.0 Å². The Morgan fingerprint density at radius 3 is 2.95 bits per heavy atom. The van der Waals surface area contributed by atoms with E-state index in [1.54, 1.807) is 0 Å². The third kappa shape index (κ3) is 3.22. The predicted molar refractivity (Wildman–Crippen MR) is 147 cm³/mol. The van der Waals surface area contributed by atoms with E-state index in [0.717, 1.165) is 58.1 Å². The van der Waals surface area contributed by atoms with Crippen LogP contribution < -0.4 is 0 Å². The number of hydrogen-bond acceptors (Lipinski definition) is 4. The second-order valence-electron chi connectivity index (χ2n) is 13.5. The molecule has 2 spiro atoms. The summed E-state index contributed by atoms with van der Waals surface area (Å²) in [6.45, 7) is 5.49. The second kappa shape index (κ2) is 8.23. The van der Waals surface area contributed by atoms with E-state index < -0.39 is 0 Å². The highest BCUT2D eigenvalue weighted by molar-refractivity contribution is 5.82. The van der Waals surface area contributed by atoms with E-state index in [4.69, 9.17) is 9.47 Å². The van der Waals surface area contributed by atoms with E-state index >= 15 is 0 Å². The number of ether oxygens (including phenoxy) is 2. The summed E-state index contributed by atoms with van der Waals surface area (Å²) in [6, 6.07) is 9.40. The zero-order chi connectivity index (χ0) is 25.6. The number of aromatic nitrogens is 1. The number of hydroxylamine groups is 3. The number of nitrogens with zero attached hydrogens (tertiary/aromatic N) is 2. The number of benzene rings is 1. The van der Waals surface area contributed by atoms with Crippen LogP contribution >= 0.6 is 0 Å². The Morgan fingerprint density at radius 2 is 2.00 bits per heavy atom. The molecule has 1 aromatic heterocycles. The maximum Gasteiger partial charge on any atom is 0.132 e. The number of fused-ring (bicyclic) bond motifs is 2. The molecule has 2 saturated carbocycles. The Balaban J connectivity index is 1.13. The first-order valence-electron chi connectivity index (χ1n) is 15.1. The molecule has 38 heavy (non-hydrogen) atoms. The van der Waals surface area contributed by atoms with Crippen molar-refractivity contribution in [1.29, 1.82) is 0 Å². The third-order valence-corrected chi connectivity index (χ3v) is 11.9. The predicted octanol–water partition coefficient (Wildman–Crippen LogP) is 6.47. The van der Waals surface area contributed by atoms with E-state index in [9.17, 15) is 5.21 Å². The van der Waals surface area contributed by atoms with Gasteiger partial charge in [0.2, 0.25) is 0 Å². The first-order chi connectivity index (χ1) is 18.4. The number of hydrogen-bond donors (Lipinski definition) is 1. The SMILES string of the molecule is CC12CC=C3C=C4CCC([N+]5(O)CCCOCC5)CC45CCC3(O5)C1CCC2c1ccc2ccncc2c1. The average molecular weight is 514 g/mol. The topological polar surface area (TPSA) is 51.6 Å². The minimum Gasteiger partial charge on any atom is -0.375 e. The molecule has 5 nitrogen and oxygen atoms in total. The lowest BCUT2D eigenvalue weighted by atomic mass is 9.58. The number of pyridine rings is 1. The standard InChI is InChI=1S/C33H41N2O3/c1-31-11-9-27-20-26-5-6-28(35(36)15-2-17-37-18-16-35)21-32(26)12-13-33(27,38-32)30(31)8-7-29(31)24-4-3-23-10-14-34-22-25(23)19-24/h3-4,9-10,14,19-20,22,28-30,36H,2,5-8,11-13,15-18,21H2,1H3/q+1. The molecule has 7 unspecified atom stereocenters. The average Bonchev–Trinajstić information content (AvgIpc) is 3.34. The van der Waals surface area contributed by atoms with E-state index in [1.807, 2.05) is 12.4 Å². The largest absolute Gasteiger partial charge is 0.375 e. The lowest BCUT2D eigenvalue weighted by Crippen LogP contribution is -2.60. The third-order valence-electron chi connectivity index (χ3n) is 11.9. The van der Waals surface area contributed by atoms with Gasteiger partial charge >= 0.3 is 0 Å². The minimum absolute atomic E-state index is 0.159. The lowest BCUT2D eigenvalue weighted by Gasteiger charge is -2.55. The van der Waals surface area contributed by atoms with Crippen molar-refractivity contribution >= 4 is 10.8 Å². The number of rotatable bonds is 2. The van der Waals surface area contributed by atoms with Gasteiger partial charge in [0.05, 0.1) is 24.4 Å². The zero-order valence-electron chi connectivity index (χ0n) is 22.7. The van der Waals surface area contributed by atoms with Crippen LogP contribution in [0.1, 0.15) is 76.2 Å². The molecule has 0 radical (unpaired) electrons. The molecule has 5 heteroatoms. The van der Waals surface area contributed by atoms with Crippen LogP contribution in [-0.4, -0.2) is 58.4 Å². The molecule has 1 N–H and O–H groups in total. The molecule has 200 valence electrons. The fourth-order valence-electron chi connectivity index (χ4n) is 9.90. The van der Waals surface area contributed by atoms with Crippen LogP contribution in [-0.2, 0) is 9.47 Å². The Hall–Kier alpha value is -2.05. The molecule has 2 saturated heterocycles. The molecule has 3 aliphatic heterocycles. The van der Waals surface area contributed by atoms with Crippen molar-refractivity contribution < 1.29 is 19.3 Å².